The molecular formula is C13H17BrFNO2. The first-order chi connectivity index (χ1) is 8.36. The van der Waals surface area contributed by atoms with Gasteiger partial charge in [0.25, 0.3) is 0 Å². The SMILES string of the molecule is COC(=O)CNCC(C)(C)c1cc(Br)ccc1F. The normalized spacial score (nSPS) is 11.4. The highest BCUT2D eigenvalue weighted by molar-refractivity contribution is 9.10. The summed E-state index contributed by atoms with van der Waals surface area (Å²) in [5.41, 5.74) is 0.191. The molecule has 0 aliphatic heterocycles. The quantitative estimate of drug-likeness (QED) is 0.848. The predicted molar refractivity (Wildman–Crippen MR) is 72.0 cm³/mol. The van der Waals surface area contributed by atoms with Crippen LogP contribution in [0, 0.1) is 5.82 Å². The third-order valence-electron chi connectivity index (χ3n) is 2.72. The molecule has 0 spiro atoms. The Morgan fingerprint density at radius 1 is 1.50 bits per heavy atom. The van der Waals surface area contributed by atoms with E-state index in [1.807, 2.05) is 13.8 Å². The topological polar surface area (TPSA) is 38.3 Å². The Morgan fingerprint density at radius 2 is 2.17 bits per heavy atom. The molecule has 1 rings (SSSR count). The fourth-order valence-electron chi connectivity index (χ4n) is 1.66. The maximum absolute atomic E-state index is 13.8. The maximum atomic E-state index is 13.8. The number of hydrogen-bond acceptors (Lipinski definition) is 3. The third kappa shape index (κ3) is 4.07. The van der Waals surface area contributed by atoms with Crippen LogP contribution in [0.15, 0.2) is 22.7 Å². The zero-order valence-corrected chi connectivity index (χ0v) is 12.3. The second-order valence-corrected chi connectivity index (χ2v) is 5.60. The zero-order chi connectivity index (χ0) is 13.8. The zero-order valence-electron chi connectivity index (χ0n) is 10.7. The first-order valence-electron chi connectivity index (χ1n) is 5.60. The maximum Gasteiger partial charge on any atom is 0.319 e. The van der Waals surface area contributed by atoms with Crippen LogP contribution in [0.25, 0.3) is 0 Å². The molecule has 1 aromatic carbocycles. The van der Waals surface area contributed by atoms with E-state index in [0.29, 0.717) is 12.1 Å². The van der Waals surface area contributed by atoms with Crippen molar-refractivity contribution >= 4 is 21.9 Å². The van der Waals surface area contributed by atoms with Crippen molar-refractivity contribution in [2.75, 3.05) is 20.2 Å². The standard InChI is InChI=1S/C13H17BrFNO2/c1-13(2,8-16-7-12(17)18-3)10-6-9(14)4-5-11(10)15/h4-6,16H,7-8H2,1-3H3. The molecular weight excluding hydrogens is 301 g/mol. The van der Waals surface area contributed by atoms with E-state index in [0.717, 1.165) is 4.47 Å². The van der Waals surface area contributed by atoms with Gasteiger partial charge < -0.3 is 10.1 Å². The van der Waals surface area contributed by atoms with E-state index in [1.54, 1.807) is 12.1 Å². The minimum absolute atomic E-state index is 0.121. The van der Waals surface area contributed by atoms with Crippen LogP contribution in [-0.2, 0) is 14.9 Å². The fraction of sp³-hybridized carbons (Fsp3) is 0.462. The summed E-state index contributed by atoms with van der Waals surface area (Å²) in [5.74, 6) is -0.580. The Balaban J connectivity index is 2.73. The molecule has 0 aliphatic carbocycles. The van der Waals surface area contributed by atoms with Crippen LogP contribution in [0.3, 0.4) is 0 Å². The van der Waals surface area contributed by atoms with Gasteiger partial charge in [0.15, 0.2) is 0 Å². The second kappa shape index (κ2) is 6.29. The first kappa shape index (κ1) is 15.1. The van der Waals surface area contributed by atoms with E-state index >= 15 is 0 Å². The number of methoxy groups -OCH3 is 1. The summed E-state index contributed by atoms with van der Waals surface area (Å²) in [7, 11) is 1.34. The molecule has 0 aromatic heterocycles. The van der Waals surface area contributed by atoms with Crippen LogP contribution < -0.4 is 5.32 Å². The van der Waals surface area contributed by atoms with Gasteiger partial charge in [0.1, 0.15) is 5.82 Å². The summed E-state index contributed by atoms with van der Waals surface area (Å²) in [6, 6.07) is 4.85. The van der Waals surface area contributed by atoms with E-state index in [2.05, 4.69) is 26.0 Å². The van der Waals surface area contributed by atoms with Crippen LogP contribution in [0.5, 0.6) is 0 Å². The highest BCUT2D eigenvalue weighted by Gasteiger charge is 2.24. The summed E-state index contributed by atoms with van der Waals surface area (Å²) >= 11 is 3.33. The average molecular weight is 318 g/mol. The monoisotopic (exact) mass is 317 g/mol. The fourth-order valence-corrected chi connectivity index (χ4v) is 2.02. The number of carbonyl (C=O) groups is 1. The Morgan fingerprint density at radius 3 is 2.78 bits per heavy atom. The van der Waals surface area contributed by atoms with Crippen LogP contribution in [0.1, 0.15) is 19.4 Å². The van der Waals surface area contributed by atoms with Gasteiger partial charge in [-0.2, -0.15) is 0 Å². The number of ether oxygens (including phenoxy) is 1. The van der Waals surface area contributed by atoms with Gasteiger partial charge in [0, 0.05) is 16.4 Å². The van der Waals surface area contributed by atoms with Crippen molar-refractivity contribution in [2.24, 2.45) is 0 Å². The number of rotatable bonds is 5. The van der Waals surface area contributed by atoms with E-state index in [-0.39, 0.29) is 18.3 Å². The molecule has 100 valence electrons. The molecule has 0 unspecified atom stereocenters. The van der Waals surface area contributed by atoms with Gasteiger partial charge in [-0.1, -0.05) is 29.8 Å². The van der Waals surface area contributed by atoms with Gasteiger partial charge in [-0.15, -0.1) is 0 Å². The minimum Gasteiger partial charge on any atom is -0.468 e. The lowest BCUT2D eigenvalue weighted by Crippen LogP contribution is -2.36. The van der Waals surface area contributed by atoms with Crippen molar-refractivity contribution in [2.45, 2.75) is 19.3 Å². The molecule has 0 heterocycles. The lowest BCUT2D eigenvalue weighted by atomic mass is 9.84. The molecule has 18 heavy (non-hydrogen) atoms. The smallest absolute Gasteiger partial charge is 0.319 e. The second-order valence-electron chi connectivity index (χ2n) is 4.69. The van der Waals surface area contributed by atoms with Crippen LogP contribution in [0.4, 0.5) is 4.39 Å². The van der Waals surface area contributed by atoms with Gasteiger partial charge in [-0.3, -0.25) is 4.79 Å². The average Bonchev–Trinajstić information content (AvgIpc) is 2.31. The van der Waals surface area contributed by atoms with Crippen LogP contribution >= 0.6 is 15.9 Å². The molecule has 0 amide bonds. The van der Waals surface area contributed by atoms with E-state index in [9.17, 15) is 9.18 Å². The van der Waals surface area contributed by atoms with Gasteiger partial charge in [-0.25, -0.2) is 4.39 Å². The Labute approximate surface area is 115 Å². The van der Waals surface area contributed by atoms with Crippen molar-refractivity contribution in [1.29, 1.82) is 0 Å². The van der Waals surface area contributed by atoms with Crippen molar-refractivity contribution in [3.05, 3.63) is 34.1 Å². The van der Waals surface area contributed by atoms with Crippen LogP contribution in [0.2, 0.25) is 0 Å². The molecule has 0 saturated carbocycles. The Bertz CT molecular complexity index is 435. The highest BCUT2D eigenvalue weighted by Crippen LogP contribution is 2.27. The lowest BCUT2D eigenvalue weighted by molar-refractivity contribution is -0.139. The number of hydrogen-bond donors (Lipinski definition) is 1. The summed E-state index contributed by atoms with van der Waals surface area (Å²) in [6.45, 7) is 4.44. The van der Waals surface area contributed by atoms with Gasteiger partial charge in [0.05, 0.1) is 13.7 Å². The Hall–Kier alpha value is -0.940. The number of esters is 1. The molecule has 0 bridgehead atoms. The molecule has 0 saturated heterocycles. The molecule has 0 aliphatic rings. The summed E-state index contributed by atoms with van der Waals surface area (Å²) < 4.78 is 19.1. The molecule has 5 heteroatoms. The van der Waals surface area contributed by atoms with Crippen LogP contribution in [-0.4, -0.2) is 26.2 Å². The number of nitrogens with one attached hydrogen (secondary N) is 1. The number of benzene rings is 1. The molecule has 1 N–H and O–H groups in total. The molecule has 0 fully saturated rings. The molecule has 0 atom stereocenters. The van der Waals surface area contributed by atoms with Gasteiger partial charge in [-0.05, 0) is 23.8 Å². The first-order valence-corrected chi connectivity index (χ1v) is 6.39. The number of halogens is 2. The predicted octanol–water partition coefficient (Wildman–Crippen LogP) is 2.63. The van der Waals surface area contributed by atoms with E-state index in [1.165, 1.54) is 13.2 Å². The van der Waals surface area contributed by atoms with Crippen molar-refractivity contribution in [1.82, 2.24) is 5.32 Å². The minimum atomic E-state index is -0.415. The highest BCUT2D eigenvalue weighted by atomic mass is 79.9. The van der Waals surface area contributed by atoms with E-state index < -0.39 is 5.41 Å². The Kier molecular flexibility index (Phi) is 5.28. The van der Waals surface area contributed by atoms with Crippen molar-refractivity contribution in [3.63, 3.8) is 0 Å². The van der Waals surface area contributed by atoms with Gasteiger partial charge >= 0.3 is 5.97 Å². The number of carbonyl (C=O) groups excluding carboxylic acids is 1. The lowest BCUT2D eigenvalue weighted by Gasteiger charge is -2.26. The van der Waals surface area contributed by atoms with E-state index in [4.69, 9.17) is 0 Å². The molecule has 0 radical (unpaired) electrons. The molecule has 1 aromatic rings. The largest absolute Gasteiger partial charge is 0.468 e. The molecule has 3 nitrogen and oxygen atoms in total. The van der Waals surface area contributed by atoms with Crippen molar-refractivity contribution in [3.8, 4) is 0 Å². The summed E-state index contributed by atoms with van der Waals surface area (Å²) in [5, 5.41) is 2.97. The summed E-state index contributed by atoms with van der Waals surface area (Å²) in [4.78, 5) is 11.0. The van der Waals surface area contributed by atoms with Crippen molar-refractivity contribution < 1.29 is 13.9 Å². The van der Waals surface area contributed by atoms with Gasteiger partial charge in [0.2, 0.25) is 0 Å². The summed E-state index contributed by atoms with van der Waals surface area (Å²) in [6.07, 6.45) is 0. The third-order valence-corrected chi connectivity index (χ3v) is 3.21.